The summed E-state index contributed by atoms with van der Waals surface area (Å²) in [4.78, 5) is 27.5. The van der Waals surface area contributed by atoms with Crippen LogP contribution in [0.25, 0.3) is 0 Å². The monoisotopic (exact) mass is 412 g/mol. The highest BCUT2D eigenvalue weighted by atomic mass is 16.6. The van der Waals surface area contributed by atoms with E-state index in [1.165, 1.54) is 17.5 Å². The van der Waals surface area contributed by atoms with Crippen LogP contribution in [0, 0.1) is 0 Å². The zero-order valence-electron chi connectivity index (χ0n) is 17.3. The van der Waals surface area contributed by atoms with Gasteiger partial charge in [0.2, 0.25) is 6.10 Å². The maximum atomic E-state index is 13.0. The Morgan fingerprint density at radius 3 is 2.50 bits per heavy atom. The molecule has 0 spiro atoms. The fraction of sp³-hybridized carbons (Fsp3) is 0.591. The van der Waals surface area contributed by atoms with E-state index in [1.54, 1.807) is 7.05 Å². The average molecular weight is 412 g/mol. The lowest BCUT2D eigenvalue weighted by atomic mass is 9.95. The van der Waals surface area contributed by atoms with Crippen molar-refractivity contribution in [2.45, 2.75) is 56.6 Å². The average Bonchev–Trinajstić information content (AvgIpc) is 3.41. The van der Waals surface area contributed by atoms with Crippen LogP contribution < -0.4 is 15.2 Å². The SMILES string of the molecule is Cn1nc(C2CCN(C(=O)C3COc4ccccc4O3)CC2)n(C2CCCC2)c1=O. The highest BCUT2D eigenvalue weighted by Gasteiger charge is 2.35. The third-order valence-electron chi connectivity index (χ3n) is 6.63. The molecule has 1 saturated carbocycles. The number of ether oxygens (including phenoxy) is 2. The Bertz CT molecular complexity index is 983. The Labute approximate surface area is 175 Å². The molecule has 1 aliphatic carbocycles. The number of carbonyl (C=O) groups excluding carboxylic acids is 1. The standard InChI is InChI=1S/C22H28N4O4/c1-24-22(28)26(16-6-2-3-7-16)20(23-24)15-10-12-25(13-11-15)21(27)19-14-29-17-8-4-5-9-18(17)30-19/h4-5,8-9,15-16,19H,2-3,6-7,10-14H2,1H3. The Morgan fingerprint density at radius 2 is 1.77 bits per heavy atom. The molecule has 1 amide bonds. The predicted molar refractivity (Wildman–Crippen MR) is 110 cm³/mol. The van der Waals surface area contributed by atoms with Crippen LogP contribution in [0.4, 0.5) is 0 Å². The summed E-state index contributed by atoms with van der Waals surface area (Å²) in [6, 6.07) is 7.70. The van der Waals surface area contributed by atoms with Gasteiger partial charge in [-0.25, -0.2) is 9.48 Å². The van der Waals surface area contributed by atoms with Gasteiger partial charge in [-0.3, -0.25) is 9.36 Å². The molecule has 1 atom stereocenters. The molecule has 5 rings (SSSR count). The zero-order chi connectivity index (χ0) is 20.7. The second-order valence-electron chi connectivity index (χ2n) is 8.54. The van der Waals surface area contributed by atoms with E-state index < -0.39 is 6.10 Å². The van der Waals surface area contributed by atoms with Crippen molar-refractivity contribution in [2.24, 2.45) is 7.05 Å². The van der Waals surface area contributed by atoms with Gasteiger partial charge in [0.1, 0.15) is 12.4 Å². The lowest BCUT2D eigenvalue weighted by molar-refractivity contribution is -0.142. The second kappa shape index (κ2) is 7.81. The van der Waals surface area contributed by atoms with Gasteiger partial charge in [0.05, 0.1) is 0 Å². The van der Waals surface area contributed by atoms with Crippen LogP contribution in [0.2, 0.25) is 0 Å². The highest BCUT2D eigenvalue weighted by Crippen LogP contribution is 2.35. The molecule has 30 heavy (non-hydrogen) atoms. The summed E-state index contributed by atoms with van der Waals surface area (Å²) in [7, 11) is 1.73. The number of aromatic nitrogens is 3. The molecule has 1 aromatic carbocycles. The molecule has 0 radical (unpaired) electrons. The normalized spacial score (nSPS) is 22.4. The van der Waals surface area contributed by atoms with Crippen LogP contribution >= 0.6 is 0 Å². The van der Waals surface area contributed by atoms with Gasteiger partial charge in [-0.2, -0.15) is 5.10 Å². The molecule has 1 unspecified atom stereocenters. The first-order valence-electron chi connectivity index (χ1n) is 10.9. The van der Waals surface area contributed by atoms with Crippen LogP contribution in [0.3, 0.4) is 0 Å². The number of aryl methyl sites for hydroxylation is 1. The topological polar surface area (TPSA) is 78.6 Å². The van der Waals surface area contributed by atoms with E-state index in [1.807, 2.05) is 33.7 Å². The summed E-state index contributed by atoms with van der Waals surface area (Å²) >= 11 is 0. The number of hydrogen-bond donors (Lipinski definition) is 0. The molecule has 2 fully saturated rings. The summed E-state index contributed by atoms with van der Waals surface area (Å²) in [5.74, 6) is 2.36. The number of benzene rings is 1. The molecular formula is C22H28N4O4. The van der Waals surface area contributed by atoms with Gasteiger partial charge in [-0.15, -0.1) is 0 Å². The van der Waals surface area contributed by atoms with Crippen molar-refractivity contribution in [3.8, 4) is 11.5 Å². The van der Waals surface area contributed by atoms with Crippen molar-refractivity contribution < 1.29 is 14.3 Å². The fourth-order valence-corrected chi connectivity index (χ4v) is 4.99. The number of nitrogens with zero attached hydrogens (tertiary/aromatic N) is 4. The van der Waals surface area contributed by atoms with Crippen LogP contribution in [-0.2, 0) is 11.8 Å². The van der Waals surface area contributed by atoms with E-state index in [2.05, 4.69) is 5.10 Å². The molecule has 2 aromatic rings. The molecule has 2 aliphatic heterocycles. The number of piperidine rings is 1. The second-order valence-corrected chi connectivity index (χ2v) is 8.54. The Hall–Kier alpha value is -2.77. The van der Waals surface area contributed by atoms with Gasteiger partial charge in [-0.05, 0) is 37.8 Å². The lowest BCUT2D eigenvalue weighted by Gasteiger charge is -2.35. The van der Waals surface area contributed by atoms with E-state index in [4.69, 9.17) is 9.47 Å². The minimum Gasteiger partial charge on any atom is -0.485 e. The highest BCUT2D eigenvalue weighted by molar-refractivity contribution is 5.82. The largest absolute Gasteiger partial charge is 0.485 e. The Kier molecular flexibility index (Phi) is 5.00. The lowest BCUT2D eigenvalue weighted by Crippen LogP contribution is -2.49. The van der Waals surface area contributed by atoms with Gasteiger partial charge >= 0.3 is 5.69 Å². The van der Waals surface area contributed by atoms with Crippen LogP contribution in [0.5, 0.6) is 11.5 Å². The number of rotatable bonds is 3. The van der Waals surface area contributed by atoms with E-state index in [0.29, 0.717) is 24.6 Å². The van der Waals surface area contributed by atoms with E-state index in [9.17, 15) is 9.59 Å². The summed E-state index contributed by atoms with van der Waals surface area (Å²) in [6.45, 7) is 1.51. The maximum absolute atomic E-state index is 13.0. The molecule has 8 heteroatoms. The number of para-hydroxylation sites is 2. The summed E-state index contributed by atoms with van der Waals surface area (Å²) in [5.41, 5.74) is -0.0122. The molecular weight excluding hydrogens is 384 g/mol. The van der Waals surface area contributed by atoms with Crippen molar-refractivity contribution in [1.29, 1.82) is 0 Å². The van der Waals surface area contributed by atoms with Crippen LogP contribution in [-0.4, -0.2) is 51.0 Å². The smallest absolute Gasteiger partial charge is 0.345 e. The number of likely N-dealkylation sites (tertiary alicyclic amines) is 1. The van der Waals surface area contributed by atoms with Gasteiger partial charge in [-0.1, -0.05) is 25.0 Å². The summed E-state index contributed by atoms with van der Waals surface area (Å²) in [5, 5.41) is 4.58. The Morgan fingerprint density at radius 1 is 1.07 bits per heavy atom. The predicted octanol–water partition coefficient (Wildman–Crippen LogP) is 2.24. The molecule has 0 N–H and O–H groups in total. The number of amides is 1. The molecule has 160 valence electrons. The summed E-state index contributed by atoms with van der Waals surface area (Å²) < 4.78 is 15.0. The van der Waals surface area contributed by atoms with Gasteiger partial charge in [0.15, 0.2) is 11.5 Å². The van der Waals surface area contributed by atoms with Crippen molar-refractivity contribution in [3.63, 3.8) is 0 Å². The quantitative estimate of drug-likeness (QED) is 0.773. The molecule has 0 bridgehead atoms. The number of hydrogen-bond acceptors (Lipinski definition) is 5. The van der Waals surface area contributed by atoms with Crippen molar-refractivity contribution in [3.05, 3.63) is 40.6 Å². The van der Waals surface area contributed by atoms with Crippen molar-refractivity contribution in [2.75, 3.05) is 19.7 Å². The Balaban J connectivity index is 1.26. The minimum atomic E-state index is -0.608. The minimum absolute atomic E-state index is 0.0122. The molecule has 3 aliphatic rings. The molecule has 8 nitrogen and oxygen atoms in total. The van der Waals surface area contributed by atoms with Gasteiger partial charge in [0, 0.05) is 32.1 Å². The van der Waals surface area contributed by atoms with Gasteiger partial charge in [0.25, 0.3) is 5.91 Å². The van der Waals surface area contributed by atoms with E-state index in [-0.39, 0.29) is 30.2 Å². The van der Waals surface area contributed by atoms with E-state index in [0.717, 1.165) is 31.5 Å². The van der Waals surface area contributed by atoms with Gasteiger partial charge < -0.3 is 14.4 Å². The first-order chi connectivity index (χ1) is 14.6. The van der Waals surface area contributed by atoms with Crippen molar-refractivity contribution in [1.82, 2.24) is 19.2 Å². The molecule has 1 saturated heterocycles. The van der Waals surface area contributed by atoms with Crippen LogP contribution in [0.15, 0.2) is 29.1 Å². The summed E-state index contributed by atoms with van der Waals surface area (Å²) in [6.07, 6.45) is 5.45. The number of carbonyl (C=O) groups is 1. The molecule has 3 heterocycles. The fourth-order valence-electron chi connectivity index (χ4n) is 4.99. The maximum Gasteiger partial charge on any atom is 0.345 e. The first-order valence-corrected chi connectivity index (χ1v) is 10.9. The third-order valence-corrected chi connectivity index (χ3v) is 6.63. The van der Waals surface area contributed by atoms with Crippen LogP contribution in [0.1, 0.15) is 56.3 Å². The first kappa shape index (κ1) is 19.2. The third kappa shape index (κ3) is 3.38. The van der Waals surface area contributed by atoms with Crippen molar-refractivity contribution >= 4 is 5.91 Å². The zero-order valence-corrected chi connectivity index (χ0v) is 17.3. The molecule has 1 aromatic heterocycles. The van der Waals surface area contributed by atoms with E-state index >= 15 is 0 Å². The number of fused-ring (bicyclic) bond motifs is 1.